The van der Waals surface area contributed by atoms with E-state index in [1.54, 1.807) is 0 Å². The van der Waals surface area contributed by atoms with Crippen LogP contribution in [0.4, 0.5) is 0 Å². The standard InChI is InChI=1S/C53H42O6P2/c54-60(50-25-13-9-21-46(50)44-19-7-11-23-48(44)58-60)52(56-36-40-15-3-1-4-16-40)42-31-27-38(28-32-42)35-39-29-33-43(34-30-39)53(57-37-41-17-5-2-6-18-41)61(55)51-26-14-10-22-47(51)45-20-8-12-24-49(45)59-61/h1-34,52-53H,35-37H2. The van der Waals surface area contributed by atoms with Gasteiger partial charge in [-0.1, -0.05) is 182 Å². The van der Waals surface area contributed by atoms with E-state index < -0.39 is 26.4 Å². The second kappa shape index (κ2) is 16.7. The normalized spacial score (nSPS) is 18.2. The van der Waals surface area contributed by atoms with Gasteiger partial charge in [0.2, 0.25) is 0 Å². The predicted molar refractivity (Wildman–Crippen MR) is 243 cm³/mol. The molecule has 0 bridgehead atoms. The van der Waals surface area contributed by atoms with E-state index in [1.165, 1.54) is 0 Å². The van der Waals surface area contributed by atoms with Crippen molar-refractivity contribution in [2.75, 3.05) is 0 Å². The maximum absolute atomic E-state index is 15.4. The van der Waals surface area contributed by atoms with E-state index in [-0.39, 0.29) is 13.2 Å². The van der Waals surface area contributed by atoms with Crippen molar-refractivity contribution in [3.05, 3.63) is 240 Å². The topological polar surface area (TPSA) is 71.1 Å². The molecular weight excluding hydrogens is 795 g/mol. The summed E-state index contributed by atoms with van der Waals surface area (Å²) in [6.07, 6.45) is 0.639. The molecule has 0 saturated carbocycles. The fourth-order valence-corrected chi connectivity index (χ4v) is 13.5. The van der Waals surface area contributed by atoms with E-state index >= 15 is 9.13 Å². The molecule has 2 heterocycles. The highest BCUT2D eigenvalue weighted by Gasteiger charge is 2.46. The molecule has 8 aromatic rings. The average Bonchev–Trinajstić information content (AvgIpc) is 3.31. The smallest absolute Gasteiger partial charge is 0.310 e. The van der Waals surface area contributed by atoms with E-state index in [1.807, 2.05) is 182 Å². The lowest BCUT2D eigenvalue weighted by molar-refractivity contribution is 0.0858. The zero-order valence-electron chi connectivity index (χ0n) is 33.2. The van der Waals surface area contributed by atoms with E-state index in [0.717, 1.165) is 55.6 Å². The predicted octanol–water partition coefficient (Wildman–Crippen LogP) is 13.0. The largest absolute Gasteiger partial charge is 0.437 e. The second-order valence-electron chi connectivity index (χ2n) is 15.4. The Hall–Kier alpha value is -6.26. The van der Waals surface area contributed by atoms with Crippen molar-refractivity contribution in [3.8, 4) is 33.8 Å². The van der Waals surface area contributed by atoms with E-state index in [2.05, 4.69) is 24.3 Å². The van der Waals surface area contributed by atoms with Crippen molar-refractivity contribution in [2.45, 2.75) is 31.3 Å². The van der Waals surface area contributed by atoms with Gasteiger partial charge in [-0.25, -0.2) is 0 Å². The van der Waals surface area contributed by atoms with Crippen molar-refractivity contribution in [1.82, 2.24) is 0 Å². The monoisotopic (exact) mass is 836 g/mol. The molecule has 0 spiro atoms. The van der Waals surface area contributed by atoms with Gasteiger partial charge in [0.05, 0.1) is 23.8 Å². The number of para-hydroxylation sites is 2. The number of hydrogen-bond acceptors (Lipinski definition) is 6. The minimum absolute atomic E-state index is 0.267. The van der Waals surface area contributed by atoms with Crippen LogP contribution in [0.15, 0.2) is 206 Å². The van der Waals surface area contributed by atoms with Crippen LogP contribution in [0.5, 0.6) is 11.5 Å². The third-order valence-corrected chi connectivity index (χ3v) is 16.5. The minimum Gasteiger partial charge on any atom is -0.437 e. The Balaban J connectivity index is 0.942. The highest BCUT2D eigenvalue weighted by Crippen LogP contribution is 2.65. The SMILES string of the molecule is O=P1(C(OCc2ccccc2)c2ccc(Cc3ccc(C(OCc4ccccc4)P4(=O)Oc5ccccc5-c5ccccc54)cc3)cc2)Oc2ccccc2-c2ccccc21. The Morgan fingerprint density at radius 3 is 1.11 bits per heavy atom. The molecule has 61 heavy (non-hydrogen) atoms. The van der Waals surface area contributed by atoms with Gasteiger partial charge in [0.15, 0.2) is 11.7 Å². The quantitative estimate of drug-likeness (QED) is 0.114. The highest BCUT2D eigenvalue weighted by molar-refractivity contribution is 7.68. The summed E-state index contributed by atoms with van der Waals surface area (Å²) >= 11 is 0. The molecule has 0 amide bonds. The number of hydrogen-bond donors (Lipinski definition) is 0. The lowest BCUT2D eigenvalue weighted by atomic mass is 10.0. The molecule has 8 heteroatoms. The van der Waals surface area contributed by atoms with Gasteiger partial charge in [-0.05, 0) is 75.2 Å². The lowest BCUT2D eigenvalue weighted by Crippen LogP contribution is -2.23. The first kappa shape index (κ1) is 38.9. The van der Waals surface area contributed by atoms with Crippen molar-refractivity contribution < 1.29 is 27.7 Å². The first-order valence-electron chi connectivity index (χ1n) is 20.4. The molecule has 0 aliphatic carbocycles. The third kappa shape index (κ3) is 7.58. The summed E-state index contributed by atoms with van der Waals surface area (Å²) < 4.78 is 57.2. The summed E-state index contributed by atoms with van der Waals surface area (Å²) in [6, 6.07) is 67.1. The van der Waals surface area contributed by atoms with Gasteiger partial charge in [0.25, 0.3) is 0 Å². The van der Waals surface area contributed by atoms with Crippen LogP contribution in [0, 0.1) is 0 Å². The Bertz CT molecular complexity index is 2720. The van der Waals surface area contributed by atoms with Gasteiger partial charge < -0.3 is 18.5 Å². The van der Waals surface area contributed by atoms with Crippen molar-refractivity contribution >= 4 is 25.3 Å². The number of ether oxygens (including phenoxy) is 2. The lowest BCUT2D eigenvalue weighted by Gasteiger charge is -2.34. The number of benzene rings is 8. The average molecular weight is 837 g/mol. The summed E-state index contributed by atoms with van der Waals surface area (Å²) in [5.41, 5.74) is 9.24. The highest BCUT2D eigenvalue weighted by atomic mass is 31.2. The molecule has 4 atom stereocenters. The van der Waals surface area contributed by atoms with Gasteiger partial charge in [0.1, 0.15) is 11.5 Å². The Labute approximate surface area is 356 Å². The Kier molecular flexibility index (Phi) is 10.6. The van der Waals surface area contributed by atoms with Crippen LogP contribution in [0.25, 0.3) is 22.3 Å². The zero-order chi connectivity index (χ0) is 41.2. The van der Waals surface area contributed by atoms with E-state index in [9.17, 15) is 0 Å². The molecule has 300 valence electrons. The van der Waals surface area contributed by atoms with E-state index in [0.29, 0.717) is 28.5 Å². The fraction of sp³-hybridized carbons (Fsp3) is 0.0943. The summed E-state index contributed by atoms with van der Waals surface area (Å²) in [6.45, 7) is 0.534. The molecule has 4 unspecified atom stereocenters. The summed E-state index contributed by atoms with van der Waals surface area (Å²) in [4.78, 5) is 0. The van der Waals surface area contributed by atoms with Crippen LogP contribution in [-0.4, -0.2) is 0 Å². The van der Waals surface area contributed by atoms with Crippen molar-refractivity contribution in [1.29, 1.82) is 0 Å². The fourth-order valence-electron chi connectivity index (χ4n) is 8.34. The third-order valence-electron chi connectivity index (χ3n) is 11.4. The van der Waals surface area contributed by atoms with Crippen LogP contribution >= 0.6 is 14.7 Å². The number of fused-ring (bicyclic) bond motifs is 6. The molecule has 6 nitrogen and oxygen atoms in total. The minimum atomic E-state index is -3.65. The molecule has 8 aromatic carbocycles. The number of rotatable bonds is 12. The van der Waals surface area contributed by atoms with Crippen molar-refractivity contribution in [3.63, 3.8) is 0 Å². The Morgan fingerprint density at radius 2 is 0.705 bits per heavy atom. The maximum Gasteiger partial charge on any atom is 0.310 e. The van der Waals surface area contributed by atoms with Crippen LogP contribution < -0.4 is 19.7 Å². The van der Waals surface area contributed by atoms with Gasteiger partial charge in [-0.15, -0.1) is 0 Å². The molecule has 2 aliphatic rings. The second-order valence-corrected chi connectivity index (χ2v) is 20.0. The maximum atomic E-state index is 15.4. The summed E-state index contributed by atoms with van der Waals surface area (Å²) in [5.74, 6) is -0.546. The molecule has 0 aromatic heterocycles. The van der Waals surface area contributed by atoms with Crippen LogP contribution in [0.1, 0.15) is 45.1 Å². The molecule has 10 rings (SSSR count). The van der Waals surface area contributed by atoms with Gasteiger partial charge >= 0.3 is 14.7 Å². The Morgan fingerprint density at radius 1 is 0.361 bits per heavy atom. The van der Waals surface area contributed by atoms with Gasteiger partial charge in [-0.3, -0.25) is 9.13 Å². The van der Waals surface area contributed by atoms with E-state index in [4.69, 9.17) is 18.5 Å². The summed E-state index contributed by atoms with van der Waals surface area (Å²) in [5, 5.41) is 1.30. The first-order valence-corrected chi connectivity index (χ1v) is 23.8. The van der Waals surface area contributed by atoms with Gasteiger partial charge in [0, 0.05) is 11.1 Å². The van der Waals surface area contributed by atoms with Crippen LogP contribution in [-0.2, 0) is 38.2 Å². The molecular formula is C53H42O6P2. The van der Waals surface area contributed by atoms with Crippen molar-refractivity contribution in [2.24, 2.45) is 0 Å². The first-order chi connectivity index (χ1) is 30.0. The zero-order valence-corrected chi connectivity index (χ0v) is 35.0. The van der Waals surface area contributed by atoms with Gasteiger partial charge in [-0.2, -0.15) is 0 Å². The molecule has 2 aliphatic heterocycles. The van der Waals surface area contributed by atoms with Crippen LogP contribution in [0.3, 0.4) is 0 Å². The van der Waals surface area contributed by atoms with Crippen LogP contribution in [0.2, 0.25) is 0 Å². The molecule has 0 N–H and O–H groups in total. The molecule has 0 saturated heterocycles. The summed E-state index contributed by atoms with van der Waals surface area (Å²) in [7, 11) is -7.30. The molecule has 0 fully saturated rings. The molecule has 0 radical (unpaired) electrons.